The quantitative estimate of drug-likeness (QED) is 0.812. The van der Waals surface area contributed by atoms with Gasteiger partial charge in [-0.2, -0.15) is 0 Å². The van der Waals surface area contributed by atoms with Crippen molar-refractivity contribution in [3.05, 3.63) is 48.8 Å². The van der Waals surface area contributed by atoms with Crippen molar-refractivity contribution in [1.82, 2.24) is 20.2 Å². The lowest BCUT2D eigenvalue weighted by molar-refractivity contribution is -0.122. The van der Waals surface area contributed by atoms with Crippen LogP contribution in [0.2, 0.25) is 0 Å². The number of hydrogen-bond acceptors (Lipinski definition) is 5. The molecule has 29 heavy (non-hydrogen) atoms. The number of nitrogens with zero attached hydrogens (tertiary/aromatic N) is 4. The standard InChI is InChI=1S/C21H24N6O2/c28-18-16-13-27(19-22-9-4-10-23-19)14-17(16)21(25-18)7-11-26(12-8-21)20(29)24-15-5-2-1-3-6-15/h1-6,9-10,16-17H,7-8,11-14H2,(H,24,29)(H,25,28)/t16-,17+/m1/s1. The zero-order valence-corrected chi connectivity index (χ0v) is 16.1. The van der Waals surface area contributed by atoms with Crippen LogP contribution < -0.4 is 15.5 Å². The number of piperidine rings is 1. The molecule has 0 unspecified atom stereocenters. The van der Waals surface area contributed by atoms with E-state index in [4.69, 9.17) is 0 Å². The summed E-state index contributed by atoms with van der Waals surface area (Å²) >= 11 is 0. The number of para-hydroxylation sites is 1. The number of benzene rings is 1. The van der Waals surface area contributed by atoms with Crippen LogP contribution in [0.3, 0.4) is 0 Å². The molecule has 0 bridgehead atoms. The van der Waals surface area contributed by atoms with Gasteiger partial charge in [0.05, 0.1) is 5.92 Å². The molecule has 1 spiro atoms. The monoisotopic (exact) mass is 392 g/mol. The van der Waals surface area contributed by atoms with Crippen LogP contribution in [0.5, 0.6) is 0 Å². The van der Waals surface area contributed by atoms with Crippen LogP contribution in [0.4, 0.5) is 16.4 Å². The second-order valence-electron chi connectivity index (χ2n) is 8.10. The molecule has 3 amide bonds. The van der Waals surface area contributed by atoms with Crippen LogP contribution in [0.1, 0.15) is 12.8 Å². The molecule has 3 aliphatic rings. The molecule has 0 aliphatic carbocycles. The lowest BCUT2D eigenvalue weighted by Gasteiger charge is -2.42. The highest BCUT2D eigenvalue weighted by Gasteiger charge is 2.57. The summed E-state index contributed by atoms with van der Waals surface area (Å²) in [5.74, 6) is 0.988. The molecule has 2 N–H and O–H groups in total. The average molecular weight is 392 g/mol. The van der Waals surface area contributed by atoms with E-state index in [0.29, 0.717) is 25.6 Å². The van der Waals surface area contributed by atoms with Gasteiger partial charge in [-0.3, -0.25) is 4.79 Å². The van der Waals surface area contributed by atoms with Gasteiger partial charge in [0.1, 0.15) is 0 Å². The lowest BCUT2D eigenvalue weighted by Crippen LogP contribution is -2.56. The smallest absolute Gasteiger partial charge is 0.321 e. The van der Waals surface area contributed by atoms with Crippen molar-refractivity contribution in [2.24, 2.45) is 11.8 Å². The van der Waals surface area contributed by atoms with E-state index in [0.717, 1.165) is 25.1 Å². The molecule has 1 aromatic heterocycles. The SMILES string of the molecule is O=C1NC2(CCN(C(=O)Nc3ccccc3)CC2)[C@H]2CN(c3ncccn3)C[C@@H]12. The van der Waals surface area contributed by atoms with Gasteiger partial charge in [0, 0.05) is 55.7 Å². The molecule has 0 saturated carbocycles. The van der Waals surface area contributed by atoms with Gasteiger partial charge in [-0.25, -0.2) is 14.8 Å². The predicted molar refractivity (Wildman–Crippen MR) is 108 cm³/mol. The second kappa shape index (κ2) is 7.02. The Kier molecular flexibility index (Phi) is 4.34. The van der Waals surface area contributed by atoms with E-state index in [-0.39, 0.29) is 29.3 Å². The number of carbonyl (C=O) groups excluding carboxylic acids is 2. The number of likely N-dealkylation sites (tertiary alicyclic amines) is 1. The minimum absolute atomic E-state index is 0.0384. The van der Waals surface area contributed by atoms with E-state index in [9.17, 15) is 9.59 Å². The fourth-order valence-electron chi connectivity index (χ4n) is 5.01. The summed E-state index contributed by atoms with van der Waals surface area (Å²) in [7, 11) is 0. The molecule has 2 atom stereocenters. The maximum atomic E-state index is 12.7. The van der Waals surface area contributed by atoms with Gasteiger partial charge >= 0.3 is 6.03 Å². The summed E-state index contributed by atoms with van der Waals surface area (Å²) < 4.78 is 0. The Morgan fingerprint density at radius 2 is 1.79 bits per heavy atom. The Balaban J connectivity index is 1.25. The number of nitrogens with one attached hydrogen (secondary N) is 2. The van der Waals surface area contributed by atoms with Gasteiger partial charge in [-0.15, -0.1) is 0 Å². The Morgan fingerprint density at radius 1 is 1.07 bits per heavy atom. The van der Waals surface area contributed by atoms with Crippen LogP contribution in [0, 0.1) is 11.8 Å². The number of carbonyl (C=O) groups is 2. The van der Waals surface area contributed by atoms with Crippen molar-refractivity contribution >= 4 is 23.6 Å². The number of aromatic nitrogens is 2. The minimum Gasteiger partial charge on any atom is -0.350 e. The molecule has 8 nitrogen and oxygen atoms in total. The van der Waals surface area contributed by atoms with Gasteiger partial charge in [0.25, 0.3) is 0 Å². The summed E-state index contributed by atoms with van der Waals surface area (Å²) in [6.45, 7) is 2.68. The van der Waals surface area contributed by atoms with E-state index in [1.165, 1.54) is 0 Å². The molecule has 5 rings (SSSR count). The van der Waals surface area contributed by atoms with Crippen molar-refractivity contribution in [2.75, 3.05) is 36.4 Å². The van der Waals surface area contributed by atoms with E-state index in [2.05, 4.69) is 25.5 Å². The van der Waals surface area contributed by atoms with Crippen LogP contribution >= 0.6 is 0 Å². The van der Waals surface area contributed by atoms with E-state index < -0.39 is 0 Å². The average Bonchev–Trinajstić information content (AvgIpc) is 3.31. The van der Waals surface area contributed by atoms with E-state index >= 15 is 0 Å². The highest BCUT2D eigenvalue weighted by atomic mass is 16.2. The molecule has 0 radical (unpaired) electrons. The molecular formula is C21H24N6O2. The largest absolute Gasteiger partial charge is 0.350 e. The topological polar surface area (TPSA) is 90.5 Å². The number of anilines is 2. The maximum Gasteiger partial charge on any atom is 0.321 e. The summed E-state index contributed by atoms with van der Waals surface area (Å²) in [5.41, 5.74) is 0.552. The Morgan fingerprint density at radius 3 is 2.52 bits per heavy atom. The maximum absolute atomic E-state index is 12.7. The summed E-state index contributed by atoms with van der Waals surface area (Å²) in [4.78, 5) is 37.9. The van der Waals surface area contributed by atoms with Gasteiger partial charge in [0.15, 0.2) is 0 Å². The first kappa shape index (κ1) is 17.9. The van der Waals surface area contributed by atoms with Crippen molar-refractivity contribution in [3.8, 4) is 0 Å². The van der Waals surface area contributed by atoms with E-state index in [1.54, 1.807) is 18.5 Å². The summed E-state index contributed by atoms with van der Waals surface area (Å²) in [5, 5.41) is 6.24. The normalized spacial score (nSPS) is 25.0. The van der Waals surface area contributed by atoms with Crippen LogP contribution in [-0.2, 0) is 4.79 Å². The van der Waals surface area contributed by atoms with Crippen molar-refractivity contribution < 1.29 is 9.59 Å². The first-order valence-electron chi connectivity index (χ1n) is 10.1. The molecule has 2 aromatic rings. The third-order valence-corrected chi connectivity index (χ3v) is 6.54. The number of fused-ring (bicyclic) bond motifs is 2. The molecule has 4 heterocycles. The zero-order valence-electron chi connectivity index (χ0n) is 16.1. The number of hydrogen-bond donors (Lipinski definition) is 2. The van der Waals surface area contributed by atoms with Crippen LogP contribution in [-0.4, -0.2) is 58.5 Å². The first-order chi connectivity index (χ1) is 14.1. The van der Waals surface area contributed by atoms with Crippen LogP contribution in [0.25, 0.3) is 0 Å². The number of rotatable bonds is 2. The predicted octanol–water partition coefficient (Wildman–Crippen LogP) is 1.73. The fourth-order valence-corrected chi connectivity index (χ4v) is 5.01. The van der Waals surface area contributed by atoms with Gasteiger partial charge in [-0.05, 0) is 31.0 Å². The molecule has 3 saturated heterocycles. The van der Waals surface area contributed by atoms with Gasteiger partial charge < -0.3 is 20.4 Å². The minimum atomic E-state index is -0.241. The van der Waals surface area contributed by atoms with Crippen LogP contribution in [0.15, 0.2) is 48.8 Å². The third-order valence-electron chi connectivity index (χ3n) is 6.54. The first-order valence-corrected chi connectivity index (χ1v) is 10.1. The van der Waals surface area contributed by atoms with Crippen molar-refractivity contribution in [1.29, 1.82) is 0 Å². The van der Waals surface area contributed by atoms with Gasteiger partial charge in [0.2, 0.25) is 11.9 Å². The highest BCUT2D eigenvalue weighted by molar-refractivity contribution is 5.89. The Bertz CT molecular complexity index is 898. The highest BCUT2D eigenvalue weighted by Crippen LogP contribution is 2.44. The fraction of sp³-hybridized carbons (Fsp3) is 0.429. The van der Waals surface area contributed by atoms with Crippen molar-refractivity contribution in [3.63, 3.8) is 0 Å². The van der Waals surface area contributed by atoms with Gasteiger partial charge in [-0.1, -0.05) is 18.2 Å². The molecule has 3 aliphatic heterocycles. The van der Waals surface area contributed by atoms with Crippen molar-refractivity contribution in [2.45, 2.75) is 18.4 Å². The number of urea groups is 1. The summed E-state index contributed by atoms with van der Waals surface area (Å²) in [6, 6.07) is 11.2. The molecule has 150 valence electrons. The third kappa shape index (κ3) is 3.18. The molecule has 3 fully saturated rings. The summed E-state index contributed by atoms with van der Waals surface area (Å²) in [6.07, 6.45) is 5.00. The lowest BCUT2D eigenvalue weighted by atomic mass is 9.75. The molecular weight excluding hydrogens is 368 g/mol. The number of amides is 3. The van der Waals surface area contributed by atoms with E-state index in [1.807, 2.05) is 35.2 Å². The molecule has 8 heteroatoms. The zero-order chi connectivity index (χ0) is 19.8. The molecule has 1 aromatic carbocycles. The second-order valence-corrected chi connectivity index (χ2v) is 8.10. The Labute approximate surface area is 169 Å². The Hall–Kier alpha value is -3.16.